The van der Waals surface area contributed by atoms with Crippen LogP contribution in [0, 0.1) is 0 Å². The van der Waals surface area contributed by atoms with Crippen LogP contribution in [-0.2, 0) is 19.1 Å². The number of thioether (sulfide) groups is 1. The average molecular weight is 463 g/mol. The Kier molecular flexibility index (Phi) is 6.11. The second kappa shape index (κ2) is 8.83. The van der Waals surface area contributed by atoms with Gasteiger partial charge in [0.25, 0.3) is 5.56 Å². The summed E-state index contributed by atoms with van der Waals surface area (Å²) in [6.45, 7) is 1.50. The fourth-order valence-electron chi connectivity index (χ4n) is 3.48. The molecule has 0 atom stereocenters. The number of hydrogen-bond donors (Lipinski definition) is 3. The standard InChI is InChI=1S/C21H21F3N6OS/c1-30-8-7-14-12(11-30)9-16(19(31)27-14)28-20-25-10-13(21(22,23)24)18(29-20)26-15-5-3-4-6-17(15)32-2/h3-6,9-10H,7-8,11H2,1-2H3,(H,27,31)(H2,25,26,28,29). The third-order valence-electron chi connectivity index (χ3n) is 5.10. The van der Waals surface area contributed by atoms with Crippen molar-refractivity contribution < 1.29 is 13.2 Å². The Bertz CT molecular complexity index is 1200. The van der Waals surface area contributed by atoms with Crippen molar-refractivity contribution in [2.24, 2.45) is 0 Å². The Morgan fingerprint density at radius 2 is 1.97 bits per heavy atom. The Hall–Kier alpha value is -3.05. The monoisotopic (exact) mass is 462 g/mol. The zero-order valence-corrected chi connectivity index (χ0v) is 18.2. The summed E-state index contributed by atoms with van der Waals surface area (Å²) >= 11 is 1.40. The van der Waals surface area contributed by atoms with Gasteiger partial charge in [-0.2, -0.15) is 18.2 Å². The van der Waals surface area contributed by atoms with Crippen molar-refractivity contribution in [1.82, 2.24) is 19.9 Å². The molecule has 0 saturated heterocycles. The summed E-state index contributed by atoms with van der Waals surface area (Å²) in [5.41, 5.74) is 1.10. The molecule has 0 bridgehead atoms. The molecule has 0 unspecified atom stereocenters. The minimum atomic E-state index is -4.65. The van der Waals surface area contributed by atoms with Crippen molar-refractivity contribution >= 4 is 34.9 Å². The van der Waals surface area contributed by atoms with Gasteiger partial charge in [0, 0.05) is 36.3 Å². The number of para-hydroxylation sites is 1. The van der Waals surface area contributed by atoms with Crippen molar-refractivity contribution in [3.8, 4) is 0 Å². The quantitative estimate of drug-likeness (QED) is 0.485. The maximum atomic E-state index is 13.6. The lowest BCUT2D eigenvalue weighted by Crippen LogP contribution is -2.29. The molecule has 168 valence electrons. The molecule has 1 aromatic carbocycles. The summed E-state index contributed by atoms with van der Waals surface area (Å²) in [5, 5.41) is 5.54. The van der Waals surface area contributed by atoms with Crippen LogP contribution in [0.25, 0.3) is 0 Å². The van der Waals surface area contributed by atoms with Crippen LogP contribution in [0.5, 0.6) is 0 Å². The second-order valence-corrected chi connectivity index (χ2v) is 8.26. The van der Waals surface area contributed by atoms with Crippen molar-refractivity contribution in [1.29, 1.82) is 0 Å². The van der Waals surface area contributed by atoms with E-state index in [-0.39, 0.29) is 17.2 Å². The first-order valence-electron chi connectivity index (χ1n) is 9.79. The number of hydrogen-bond acceptors (Lipinski definition) is 7. The summed E-state index contributed by atoms with van der Waals surface area (Å²) in [6, 6.07) is 8.69. The van der Waals surface area contributed by atoms with Gasteiger partial charge in [0.2, 0.25) is 5.95 Å². The van der Waals surface area contributed by atoms with Gasteiger partial charge in [-0.1, -0.05) is 12.1 Å². The van der Waals surface area contributed by atoms with Gasteiger partial charge in [-0.15, -0.1) is 11.8 Å². The molecule has 0 fully saturated rings. The average Bonchev–Trinajstić information content (AvgIpc) is 2.74. The molecule has 0 radical (unpaired) electrons. The molecular weight excluding hydrogens is 441 g/mol. The number of alkyl halides is 3. The van der Waals surface area contributed by atoms with Crippen molar-refractivity contribution in [2.75, 3.05) is 30.5 Å². The van der Waals surface area contributed by atoms with E-state index in [1.807, 2.05) is 13.3 Å². The number of anilines is 4. The van der Waals surface area contributed by atoms with Gasteiger partial charge in [-0.25, -0.2) is 4.98 Å². The lowest BCUT2D eigenvalue weighted by atomic mass is 10.1. The van der Waals surface area contributed by atoms with Gasteiger partial charge in [0.05, 0.1) is 5.69 Å². The molecule has 32 heavy (non-hydrogen) atoms. The zero-order chi connectivity index (χ0) is 22.9. The minimum absolute atomic E-state index is 0.114. The summed E-state index contributed by atoms with van der Waals surface area (Å²) in [4.78, 5) is 26.1. The minimum Gasteiger partial charge on any atom is -0.339 e. The Morgan fingerprint density at radius 3 is 2.72 bits per heavy atom. The normalized spacial score (nSPS) is 14.2. The predicted molar refractivity (Wildman–Crippen MR) is 119 cm³/mol. The van der Waals surface area contributed by atoms with E-state index in [4.69, 9.17) is 0 Å². The third-order valence-corrected chi connectivity index (χ3v) is 5.90. The number of pyridine rings is 1. The zero-order valence-electron chi connectivity index (χ0n) is 17.4. The maximum absolute atomic E-state index is 13.6. The van der Waals surface area contributed by atoms with E-state index < -0.39 is 17.6 Å². The number of halogens is 3. The number of nitrogens with one attached hydrogen (secondary N) is 3. The van der Waals surface area contributed by atoms with Gasteiger partial charge in [0.1, 0.15) is 17.1 Å². The summed E-state index contributed by atoms with van der Waals surface area (Å²) in [7, 11) is 1.98. The molecule has 0 amide bonds. The topological polar surface area (TPSA) is 85.9 Å². The highest BCUT2D eigenvalue weighted by Crippen LogP contribution is 2.36. The van der Waals surface area contributed by atoms with E-state index in [9.17, 15) is 18.0 Å². The second-order valence-electron chi connectivity index (χ2n) is 7.41. The first-order chi connectivity index (χ1) is 15.2. The van der Waals surface area contributed by atoms with Crippen LogP contribution in [0.4, 0.5) is 36.3 Å². The van der Waals surface area contributed by atoms with Gasteiger partial charge in [-0.05, 0) is 37.1 Å². The van der Waals surface area contributed by atoms with Crippen LogP contribution >= 0.6 is 11.8 Å². The van der Waals surface area contributed by atoms with Gasteiger partial charge >= 0.3 is 6.18 Å². The first kappa shape index (κ1) is 22.2. The molecule has 0 spiro atoms. The number of likely N-dealkylation sites (N-methyl/N-ethyl adjacent to an activating group) is 1. The molecule has 3 aromatic rings. The fourth-order valence-corrected chi connectivity index (χ4v) is 4.04. The molecule has 7 nitrogen and oxygen atoms in total. The number of rotatable bonds is 5. The lowest BCUT2D eigenvalue weighted by Gasteiger charge is -2.24. The third kappa shape index (κ3) is 4.73. The smallest absolute Gasteiger partial charge is 0.339 e. The highest BCUT2D eigenvalue weighted by atomic mass is 32.2. The molecule has 0 aliphatic carbocycles. The van der Waals surface area contributed by atoms with Crippen LogP contribution in [0.15, 0.2) is 46.2 Å². The largest absolute Gasteiger partial charge is 0.421 e. The number of benzene rings is 1. The van der Waals surface area contributed by atoms with E-state index in [0.29, 0.717) is 18.4 Å². The van der Waals surface area contributed by atoms with E-state index in [2.05, 4.69) is 30.5 Å². The number of aromatic amines is 1. The van der Waals surface area contributed by atoms with E-state index in [1.54, 1.807) is 30.3 Å². The lowest BCUT2D eigenvalue weighted by molar-refractivity contribution is -0.137. The van der Waals surface area contributed by atoms with E-state index >= 15 is 0 Å². The van der Waals surface area contributed by atoms with E-state index in [1.165, 1.54) is 11.8 Å². The van der Waals surface area contributed by atoms with Gasteiger partial charge in [0.15, 0.2) is 0 Å². The van der Waals surface area contributed by atoms with Crippen molar-refractivity contribution in [2.45, 2.75) is 24.0 Å². The maximum Gasteiger partial charge on any atom is 0.421 e. The molecule has 2 aromatic heterocycles. The Morgan fingerprint density at radius 1 is 1.19 bits per heavy atom. The molecule has 1 aliphatic rings. The van der Waals surface area contributed by atoms with Crippen LogP contribution in [0.2, 0.25) is 0 Å². The predicted octanol–water partition coefficient (Wildman–Crippen LogP) is 4.38. The number of H-pyrrole nitrogens is 1. The fraction of sp³-hybridized carbons (Fsp3) is 0.286. The Balaban J connectivity index is 1.70. The molecular formula is C21H21F3N6OS. The molecule has 0 saturated carbocycles. The van der Waals surface area contributed by atoms with Gasteiger partial charge < -0.3 is 20.5 Å². The summed E-state index contributed by atoms with van der Waals surface area (Å²) in [5.74, 6) is -0.512. The summed E-state index contributed by atoms with van der Waals surface area (Å²) < 4.78 is 40.7. The molecule has 4 rings (SSSR count). The van der Waals surface area contributed by atoms with E-state index in [0.717, 1.165) is 29.1 Å². The SMILES string of the molecule is CSc1ccccc1Nc1nc(Nc2cc3c([nH]c2=O)CCN(C)C3)ncc1C(F)(F)F. The van der Waals surface area contributed by atoms with Gasteiger partial charge in [-0.3, -0.25) is 4.79 Å². The first-order valence-corrected chi connectivity index (χ1v) is 11.0. The number of nitrogens with zero attached hydrogens (tertiary/aromatic N) is 3. The van der Waals surface area contributed by atoms with Crippen molar-refractivity contribution in [3.63, 3.8) is 0 Å². The molecule has 3 heterocycles. The van der Waals surface area contributed by atoms with Crippen LogP contribution in [0.1, 0.15) is 16.8 Å². The summed E-state index contributed by atoms with van der Waals surface area (Å²) in [6.07, 6.45) is -1.39. The van der Waals surface area contributed by atoms with Crippen LogP contribution < -0.4 is 16.2 Å². The number of aromatic nitrogens is 3. The van der Waals surface area contributed by atoms with Crippen LogP contribution in [0.3, 0.4) is 0 Å². The molecule has 1 aliphatic heterocycles. The Labute approximate surface area is 186 Å². The molecule has 11 heteroatoms. The number of fused-ring (bicyclic) bond motifs is 1. The highest BCUT2D eigenvalue weighted by molar-refractivity contribution is 7.98. The van der Waals surface area contributed by atoms with Crippen molar-refractivity contribution in [3.05, 3.63) is 63.7 Å². The molecule has 3 N–H and O–H groups in total. The van der Waals surface area contributed by atoms with Crippen LogP contribution in [-0.4, -0.2) is 39.7 Å². The highest BCUT2D eigenvalue weighted by Gasteiger charge is 2.35.